The molecule has 0 spiro atoms. The van der Waals surface area contributed by atoms with Crippen LogP contribution in [0.15, 0.2) is 24.3 Å². The van der Waals surface area contributed by atoms with Crippen molar-refractivity contribution in [3.05, 3.63) is 24.3 Å². The van der Waals surface area contributed by atoms with Crippen molar-refractivity contribution in [2.24, 2.45) is 5.73 Å². The van der Waals surface area contributed by atoms with Gasteiger partial charge in [-0.3, -0.25) is 4.90 Å². The summed E-state index contributed by atoms with van der Waals surface area (Å²) in [5.41, 5.74) is 7.30. The number of hydrogen-bond acceptors (Lipinski definition) is 2. The van der Waals surface area contributed by atoms with Crippen LogP contribution in [0.1, 0.15) is 6.92 Å². The van der Waals surface area contributed by atoms with Crippen molar-refractivity contribution >= 4 is 17.4 Å². The zero-order valence-corrected chi connectivity index (χ0v) is 8.97. The van der Waals surface area contributed by atoms with Gasteiger partial charge in [0.25, 0.3) is 0 Å². The topological polar surface area (TPSA) is 49.6 Å². The van der Waals surface area contributed by atoms with Gasteiger partial charge in [-0.05, 0) is 19.1 Å². The third kappa shape index (κ3) is 1.52. The van der Waals surface area contributed by atoms with Gasteiger partial charge in [-0.25, -0.2) is 4.79 Å². The minimum atomic E-state index is -0.387. The molecule has 15 heavy (non-hydrogen) atoms. The number of likely N-dealkylation sites (N-methyl/N-ethyl adjacent to an activating group) is 1. The van der Waals surface area contributed by atoms with E-state index in [1.54, 1.807) is 4.90 Å². The number of carbonyl (C=O) groups is 1. The molecule has 2 rings (SSSR count). The van der Waals surface area contributed by atoms with Gasteiger partial charge in [0, 0.05) is 19.6 Å². The largest absolute Gasteiger partial charge is 0.368 e. The lowest BCUT2D eigenvalue weighted by molar-refractivity contribution is 0.253. The zero-order valence-electron chi connectivity index (χ0n) is 8.97. The maximum atomic E-state index is 11.3. The van der Waals surface area contributed by atoms with E-state index in [0.717, 1.165) is 11.4 Å². The molecule has 2 N–H and O–H groups in total. The first-order valence-electron chi connectivity index (χ1n) is 5.00. The van der Waals surface area contributed by atoms with Crippen molar-refractivity contribution in [2.45, 2.75) is 13.0 Å². The van der Waals surface area contributed by atoms with Crippen LogP contribution in [0, 0.1) is 0 Å². The van der Waals surface area contributed by atoms with Crippen molar-refractivity contribution < 1.29 is 4.79 Å². The van der Waals surface area contributed by atoms with E-state index in [9.17, 15) is 4.79 Å². The summed E-state index contributed by atoms with van der Waals surface area (Å²) in [4.78, 5) is 15.1. The second kappa shape index (κ2) is 3.46. The van der Waals surface area contributed by atoms with Crippen LogP contribution in [0.5, 0.6) is 0 Å². The molecule has 0 saturated carbocycles. The first kappa shape index (κ1) is 9.83. The normalized spacial score (nSPS) is 20.0. The lowest BCUT2D eigenvalue weighted by atomic mass is 10.1. The second-order valence-corrected chi connectivity index (χ2v) is 3.90. The molecule has 1 unspecified atom stereocenters. The number of hydrogen-bond donors (Lipinski definition) is 1. The van der Waals surface area contributed by atoms with Crippen molar-refractivity contribution in [1.82, 2.24) is 0 Å². The van der Waals surface area contributed by atoms with Crippen molar-refractivity contribution in [1.29, 1.82) is 0 Å². The first-order chi connectivity index (χ1) is 7.11. The van der Waals surface area contributed by atoms with E-state index in [0.29, 0.717) is 6.54 Å². The summed E-state index contributed by atoms with van der Waals surface area (Å²) in [6.45, 7) is 2.72. The summed E-state index contributed by atoms with van der Waals surface area (Å²) < 4.78 is 0. The van der Waals surface area contributed by atoms with Gasteiger partial charge in [-0.15, -0.1) is 0 Å². The van der Waals surface area contributed by atoms with Crippen LogP contribution in [-0.2, 0) is 0 Å². The van der Waals surface area contributed by atoms with Crippen LogP contribution < -0.4 is 15.5 Å². The fraction of sp³-hybridized carbons (Fsp3) is 0.364. The Morgan fingerprint density at radius 3 is 2.60 bits per heavy atom. The molecular formula is C11H15N3O. The maximum Gasteiger partial charge on any atom is 0.319 e. The van der Waals surface area contributed by atoms with Crippen LogP contribution in [0.3, 0.4) is 0 Å². The summed E-state index contributed by atoms with van der Waals surface area (Å²) >= 11 is 0. The molecule has 0 radical (unpaired) electrons. The molecular weight excluding hydrogens is 190 g/mol. The average Bonchev–Trinajstić information content (AvgIpc) is 2.23. The minimum Gasteiger partial charge on any atom is -0.368 e. The Morgan fingerprint density at radius 2 is 2.00 bits per heavy atom. The fourth-order valence-electron chi connectivity index (χ4n) is 1.92. The lowest BCUT2D eigenvalue weighted by Crippen LogP contribution is -2.49. The molecule has 1 atom stereocenters. The number of carbonyl (C=O) groups excluding carboxylic acids is 1. The Bertz CT molecular complexity index is 391. The molecule has 1 aromatic carbocycles. The standard InChI is InChI=1S/C11H15N3O/c1-8-7-14(11(12)15)10-6-4-3-5-9(10)13(8)2/h3-6,8H,7H2,1-2H3,(H2,12,15). The van der Waals surface area contributed by atoms with E-state index >= 15 is 0 Å². The highest BCUT2D eigenvalue weighted by molar-refractivity contribution is 5.96. The van der Waals surface area contributed by atoms with Gasteiger partial charge in [0.15, 0.2) is 0 Å². The van der Waals surface area contributed by atoms with Crippen LogP contribution in [-0.4, -0.2) is 25.7 Å². The predicted octanol–water partition coefficient (Wildman–Crippen LogP) is 1.41. The molecule has 80 valence electrons. The maximum absolute atomic E-state index is 11.3. The van der Waals surface area contributed by atoms with Gasteiger partial charge >= 0.3 is 6.03 Å². The lowest BCUT2D eigenvalue weighted by Gasteiger charge is -2.39. The monoisotopic (exact) mass is 205 g/mol. The molecule has 0 bridgehead atoms. The first-order valence-corrected chi connectivity index (χ1v) is 5.00. The molecule has 1 heterocycles. The van der Waals surface area contributed by atoms with Crippen molar-refractivity contribution in [3.63, 3.8) is 0 Å². The molecule has 4 heteroatoms. The molecule has 0 aromatic heterocycles. The molecule has 4 nitrogen and oxygen atoms in total. The minimum absolute atomic E-state index is 0.285. The summed E-state index contributed by atoms with van der Waals surface area (Å²) in [5.74, 6) is 0. The number of amides is 2. The number of anilines is 2. The predicted molar refractivity (Wildman–Crippen MR) is 61.2 cm³/mol. The molecule has 1 aliphatic rings. The summed E-state index contributed by atoms with van der Waals surface area (Å²) in [7, 11) is 2.03. The molecule has 0 saturated heterocycles. The summed E-state index contributed by atoms with van der Waals surface area (Å²) in [5, 5.41) is 0. The van der Waals surface area contributed by atoms with Crippen molar-refractivity contribution in [3.8, 4) is 0 Å². The van der Waals surface area contributed by atoms with Gasteiger partial charge in [0.2, 0.25) is 0 Å². The van der Waals surface area contributed by atoms with Gasteiger partial charge in [0.1, 0.15) is 0 Å². The molecule has 1 aromatic rings. The summed E-state index contributed by atoms with van der Waals surface area (Å²) in [6.07, 6.45) is 0. The quantitative estimate of drug-likeness (QED) is 0.696. The highest BCUT2D eigenvalue weighted by Crippen LogP contribution is 2.33. The number of benzene rings is 1. The Morgan fingerprint density at radius 1 is 1.40 bits per heavy atom. The SMILES string of the molecule is CC1CN(C(N)=O)c2ccccc2N1C. The number of para-hydroxylation sites is 2. The summed E-state index contributed by atoms with van der Waals surface area (Å²) in [6, 6.07) is 7.70. The number of nitrogens with two attached hydrogens (primary N) is 1. The number of rotatable bonds is 0. The average molecular weight is 205 g/mol. The number of fused-ring (bicyclic) bond motifs is 1. The van der Waals surface area contributed by atoms with E-state index in [2.05, 4.69) is 11.8 Å². The van der Waals surface area contributed by atoms with Crippen molar-refractivity contribution in [2.75, 3.05) is 23.4 Å². The van der Waals surface area contributed by atoms with Gasteiger partial charge in [-0.2, -0.15) is 0 Å². The molecule has 0 fully saturated rings. The molecule has 2 amide bonds. The highest BCUT2D eigenvalue weighted by Gasteiger charge is 2.27. The fourth-order valence-corrected chi connectivity index (χ4v) is 1.92. The van der Waals surface area contributed by atoms with Gasteiger partial charge in [-0.1, -0.05) is 12.1 Å². The van der Waals surface area contributed by atoms with Gasteiger partial charge in [0.05, 0.1) is 11.4 Å². The molecule has 0 aliphatic carbocycles. The van der Waals surface area contributed by atoms with Gasteiger partial charge < -0.3 is 10.6 Å². The van der Waals surface area contributed by atoms with E-state index < -0.39 is 0 Å². The van der Waals surface area contributed by atoms with E-state index in [-0.39, 0.29) is 12.1 Å². The third-order valence-corrected chi connectivity index (χ3v) is 2.93. The Hall–Kier alpha value is -1.71. The van der Waals surface area contributed by atoms with Crippen LogP contribution in [0.25, 0.3) is 0 Å². The molecule has 1 aliphatic heterocycles. The van der Waals surface area contributed by atoms with Crippen LogP contribution in [0.2, 0.25) is 0 Å². The Kier molecular flexibility index (Phi) is 2.26. The highest BCUT2D eigenvalue weighted by atomic mass is 16.2. The zero-order chi connectivity index (χ0) is 11.0. The smallest absolute Gasteiger partial charge is 0.319 e. The van der Waals surface area contributed by atoms with Crippen LogP contribution in [0.4, 0.5) is 16.2 Å². The Labute approximate surface area is 89.3 Å². The number of nitrogens with zero attached hydrogens (tertiary/aromatic N) is 2. The third-order valence-electron chi connectivity index (χ3n) is 2.93. The van der Waals surface area contributed by atoms with E-state index in [1.807, 2.05) is 31.3 Å². The second-order valence-electron chi connectivity index (χ2n) is 3.90. The van der Waals surface area contributed by atoms with E-state index in [1.165, 1.54) is 0 Å². The Balaban J connectivity index is 2.49. The van der Waals surface area contributed by atoms with E-state index in [4.69, 9.17) is 5.73 Å². The number of primary amides is 1. The van der Waals surface area contributed by atoms with Crippen LogP contribution >= 0.6 is 0 Å². The number of urea groups is 1.